The van der Waals surface area contributed by atoms with Crippen molar-refractivity contribution in [1.29, 1.82) is 0 Å². The predicted molar refractivity (Wildman–Crippen MR) is 143 cm³/mol. The average Bonchev–Trinajstić information content (AvgIpc) is 3.10. The number of aromatic nitrogens is 2. The smallest absolute Gasteiger partial charge is 0.0953 e. The third-order valence-corrected chi connectivity index (χ3v) is 6.38. The molecule has 0 aliphatic rings. The Morgan fingerprint density at radius 1 is 0.969 bits per heavy atom. The summed E-state index contributed by atoms with van der Waals surface area (Å²) in [4.78, 5) is 0. The average molecular weight is 437 g/mol. The molecule has 2 heteroatoms. The van der Waals surface area contributed by atoms with Crippen LogP contribution in [0.4, 0.5) is 0 Å². The third-order valence-electron chi connectivity index (χ3n) is 6.38. The van der Waals surface area contributed by atoms with Gasteiger partial charge < -0.3 is 0 Å². The number of aryl methyl sites for hydroxylation is 1. The van der Waals surface area contributed by atoms with Crippen molar-refractivity contribution in [2.24, 2.45) is 5.92 Å². The molecule has 0 N–H and O–H groups in total. The second-order valence-corrected chi connectivity index (χ2v) is 10.1. The Kier molecular flexibility index (Phi) is 11.8. The highest BCUT2D eigenvalue weighted by molar-refractivity contribution is 5.92. The molecule has 1 aromatic carbocycles. The molecule has 2 nitrogen and oxygen atoms in total. The molecule has 0 bridgehead atoms. The largest absolute Gasteiger partial charge is 0.260 e. The number of unbranched alkanes of at least 4 members (excludes halogenated alkanes) is 10. The van der Waals surface area contributed by atoms with Crippen molar-refractivity contribution in [3.8, 4) is 0 Å². The van der Waals surface area contributed by atoms with Crippen molar-refractivity contribution in [2.75, 3.05) is 0 Å². The summed E-state index contributed by atoms with van der Waals surface area (Å²) in [6.07, 6.45) is 19.4. The van der Waals surface area contributed by atoms with E-state index in [2.05, 4.69) is 57.7 Å². The second kappa shape index (κ2) is 14.3. The fourth-order valence-corrected chi connectivity index (χ4v) is 4.80. The summed E-state index contributed by atoms with van der Waals surface area (Å²) in [5.41, 5.74) is 6.28. The molecule has 178 valence electrons. The Labute approximate surface area is 198 Å². The minimum atomic E-state index is 0.652. The van der Waals surface area contributed by atoms with Crippen molar-refractivity contribution >= 4 is 16.5 Å². The first-order valence-corrected chi connectivity index (χ1v) is 13.3. The first-order chi connectivity index (χ1) is 15.5. The molecular weight excluding hydrogens is 388 g/mol. The highest BCUT2D eigenvalue weighted by atomic mass is 15.3. The number of hydrogen-bond donors (Lipinski definition) is 0. The molecule has 0 amide bonds. The molecule has 0 unspecified atom stereocenters. The molecule has 1 heterocycles. The topological polar surface area (TPSA) is 17.8 Å². The van der Waals surface area contributed by atoms with Crippen molar-refractivity contribution in [3.05, 3.63) is 48.2 Å². The van der Waals surface area contributed by atoms with Crippen molar-refractivity contribution in [1.82, 2.24) is 9.78 Å². The van der Waals surface area contributed by atoms with Crippen LogP contribution in [0.15, 0.2) is 31.4 Å². The molecule has 0 aliphatic heterocycles. The zero-order valence-corrected chi connectivity index (χ0v) is 21.5. The number of fused-ring (bicyclic) bond motifs is 1. The summed E-state index contributed by atoms with van der Waals surface area (Å²) in [5.74, 6) is 0.652. The lowest BCUT2D eigenvalue weighted by molar-refractivity contribution is 0.549. The Bertz CT molecular complexity index is 840. The van der Waals surface area contributed by atoms with Gasteiger partial charge in [-0.25, -0.2) is 0 Å². The first-order valence-electron chi connectivity index (χ1n) is 13.3. The summed E-state index contributed by atoms with van der Waals surface area (Å²) in [6, 6.07) is 4.80. The molecule has 2 rings (SSSR count). The lowest BCUT2D eigenvalue weighted by Gasteiger charge is -2.12. The first kappa shape index (κ1) is 26.4. The number of nitrogens with zero attached hydrogens (tertiary/aromatic N) is 2. The molecule has 0 radical (unpaired) electrons. The second-order valence-electron chi connectivity index (χ2n) is 10.1. The van der Waals surface area contributed by atoms with Gasteiger partial charge in [-0.1, -0.05) is 104 Å². The van der Waals surface area contributed by atoms with Gasteiger partial charge in [-0.05, 0) is 54.9 Å². The minimum Gasteiger partial charge on any atom is -0.260 e. The van der Waals surface area contributed by atoms with Gasteiger partial charge in [-0.2, -0.15) is 5.10 Å². The van der Waals surface area contributed by atoms with E-state index in [-0.39, 0.29) is 0 Å². The SMILES string of the molecule is C=CCn1nc(C(=C)C)c2cc(CC(C)C)cc(CCCCCCCCCCCCC)c21. The third kappa shape index (κ3) is 8.26. The van der Waals surface area contributed by atoms with E-state index in [1.54, 1.807) is 0 Å². The van der Waals surface area contributed by atoms with Crippen molar-refractivity contribution in [2.45, 2.75) is 118 Å². The summed E-state index contributed by atoms with van der Waals surface area (Å²) in [5, 5.41) is 6.18. The monoisotopic (exact) mass is 436 g/mol. The van der Waals surface area contributed by atoms with Gasteiger partial charge >= 0.3 is 0 Å². The highest BCUT2D eigenvalue weighted by Gasteiger charge is 2.16. The van der Waals surface area contributed by atoms with Gasteiger partial charge in [0.2, 0.25) is 0 Å². The van der Waals surface area contributed by atoms with Gasteiger partial charge in [0.25, 0.3) is 0 Å². The van der Waals surface area contributed by atoms with Crippen LogP contribution < -0.4 is 0 Å². The molecule has 0 aliphatic carbocycles. The highest BCUT2D eigenvalue weighted by Crippen LogP contribution is 2.30. The molecule has 0 fully saturated rings. The van der Waals surface area contributed by atoms with Crippen LogP contribution in [0.1, 0.15) is 115 Å². The summed E-state index contributed by atoms with van der Waals surface area (Å²) >= 11 is 0. The van der Waals surface area contributed by atoms with Gasteiger partial charge in [-0.15, -0.1) is 6.58 Å². The zero-order valence-electron chi connectivity index (χ0n) is 21.5. The molecule has 32 heavy (non-hydrogen) atoms. The lowest BCUT2D eigenvalue weighted by Crippen LogP contribution is -2.02. The van der Waals surface area contributed by atoms with Crippen molar-refractivity contribution in [3.63, 3.8) is 0 Å². The van der Waals surface area contributed by atoms with Crippen LogP contribution in [0.2, 0.25) is 0 Å². The van der Waals surface area contributed by atoms with Crippen molar-refractivity contribution < 1.29 is 0 Å². The van der Waals surface area contributed by atoms with E-state index in [0.717, 1.165) is 30.7 Å². The van der Waals surface area contributed by atoms with E-state index < -0.39 is 0 Å². The van der Waals surface area contributed by atoms with E-state index >= 15 is 0 Å². The number of rotatable bonds is 17. The van der Waals surface area contributed by atoms with E-state index in [9.17, 15) is 0 Å². The number of allylic oxidation sites excluding steroid dienone is 2. The lowest BCUT2D eigenvalue weighted by atomic mass is 9.94. The van der Waals surface area contributed by atoms with Crippen LogP contribution in [-0.2, 0) is 19.4 Å². The van der Waals surface area contributed by atoms with E-state index in [4.69, 9.17) is 5.10 Å². The molecule has 2 aromatic rings. The standard InChI is InChI=1S/C30H48N2/c1-7-9-10-11-12-13-14-15-16-17-18-19-27-22-26(21-24(3)4)23-28-29(25(5)6)31-32(20-8-2)30(27)28/h8,22-24H,2,5,7,9-21H2,1,3-4,6H3. The van der Waals surface area contributed by atoms with Crippen LogP contribution in [0, 0.1) is 5.92 Å². The maximum atomic E-state index is 4.91. The Balaban J connectivity index is 2.00. The maximum absolute atomic E-state index is 4.91. The Morgan fingerprint density at radius 2 is 1.56 bits per heavy atom. The molecule has 0 saturated heterocycles. The van der Waals surface area contributed by atoms with Gasteiger partial charge in [0.1, 0.15) is 0 Å². The summed E-state index contributed by atoms with van der Waals surface area (Å²) in [7, 11) is 0. The van der Waals surface area contributed by atoms with Gasteiger partial charge in [0.05, 0.1) is 17.8 Å². The molecule has 0 spiro atoms. The number of benzene rings is 1. The molecular formula is C30H48N2. The normalized spacial score (nSPS) is 11.5. The predicted octanol–water partition coefficient (Wildman–Crippen LogP) is 9.31. The van der Waals surface area contributed by atoms with Crippen LogP contribution in [0.3, 0.4) is 0 Å². The van der Waals surface area contributed by atoms with Crippen LogP contribution in [0.5, 0.6) is 0 Å². The van der Waals surface area contributed by atoms with Crippen LogP contribution in [-0.4, -0.2) is 9.78 Å². The summed E-state index contributed by atoms with van der Waals surface area (Å²) in [6.45, 7) is 17.9. The van der Waals surface area contributed by atoms with E-state index in [0.29, 0.717) is 5.92 Å². The van der Waals surface area contributed by atoms with Gasteiger partial charge in [0, 0.05) is 5.39 Å². The Hall–Kier alpha value is -1.83. The zero-order chi connectivity index (χ0) is 23.3. The molecule has 1 aromatic heterocycles. The summed E-state index contributed by atoms with van der Waals surface area (Å²) < 4.78 is 2.14. The Morgan fingerprint density at radius 3 is 2.09 bits per heavy atom. The molecule has 0 atom stereocenters. The number of hydrogen-bond acceptors (Lipinski definition) is 1. The molecule has 0 saturated carbocycles. The van der Waals surface area contributed by atoms with Crippen LogP contribution >= 0.6 is 0 Å². The van der Waals surface area contributed by atoms with Gasteiger partial charge in [-0.3, -0.25) is 4.68 Å². The van der Waals surface area contributed by atoms with Gasteiger partial charge in [0.15, 0.2) is 0 Å². The minimum absolute atomic E-state index is 0.652. The fourth-order valence-electron chi connectivity index (χ4n) is 4.80. The quantitative estimate of drug-likeness (QED) is 0.178. The van der Waals surface area contributed by atoms with Crippen LogP contribution in [0.25, 0.3) is 16.5 Å². The fraction of sp³-hybridized carbons (Fsp3) is 0.633. The van der Waals surface area contributed by atoms with E-state index in [1.807, 2.05) is 6.08 Å². The maximum Gasteiger partial charge on any atom is 0.0953 e. The van der Waals surface area contributed by atoms with E-state index in [1.165, 1.54) is 92.7 Å².